The molecule has 0 aliphatic carbocycles. The van der Waals surface area contributed by atoms with E-state index in [9.17, 15) is 9.18 Å². The Hall–Kier alpha value is -3.43. The lowest BCUT2D eigenvalue weighted by Crippen LogP contribution is -2.45. The summed E-state index contributed by atoms with van der Waals surface area (Å²) < 4.78 is 20.5. The van der Waals surface area contributed by atoms with Crippen LogP contribution in [0.5, 0.6) is 5.75 Å². The molecule has 0 bridgehead atoms. The molecule has 0 atom stereocenters. The molecule has 1 saturated heterocycles. The van der Waals surface area contributed by atoms with Crippen LogP contribution in [0.25, 0.3) is 11.4 Å². The molecule has 1 amide bonds. The van der Waals surface area contributed by atoms with Crippen LogP contribution in [-0.4, -0.2) is 77.0 Å². The lowest BCUT2D eigenvalue weighted by atomic mass is 10.1. The first-order valence-corrected chi connectivity index (χ1v) is 11.8. The molecule has 0 unspecified atom stereocenters. The second-order valence-corrected chi connectivity index (χ2v) is 8.83. The van der Waals surface area contributed by atoms with Crippen LogP contribution < -0.4 is 10.1 Å². The highest BCUT2D eigenvalue weighted by Crippen LogP contribution is 2.23. The summed E-state index contributed by atoms with van der Waals surface area (Å²) in [5, 5.41) is 2.84. The van der Waals surface area contributed by atoms with Gasteiger partial charge in [-0.15, -0.1) is 0 Å². The summed E-state index contributed by atoms with van der Waals surface area (Å²) in [4.78, 5) is 29.6. The van der Waals surface area contributed by atoms with Gasteiger partial charge >= 0.3 is 0 Å². The van der Waals surface area contributed by atoms with Gasteiger partial charge in [0.05, 0.1) is 24.2 Å². The normalized spacial score (nSPS) is 14.6. The summed E-state index contributed by atoms with van der Waals surface area (Å²) >= 11 is 0. The largest absolute Gasteiger partial charge is 0.492 e. The fraction of sp³-hybridized carbons (Fsp3) is 0.385. The van der Waals surface area contributed by atoms with Crippen molar-refractivity contribution in [3.8, 4) is 17.1 Å². The fourth-order valence-corrected chi connectivity index (χ4v) is 3.85. The topological polar surface area (TPSA) is 83.5 Å². The molecular weight excluding hydrogens is 447 g/mol. The Morgan fingerprint density at radius 1 is 1.09 bits per heavy atom. The van der Waals surface area contributed by atoms with Crippen LogP contribution in [0.2, 0.25) is 0 Å². The number of likely N-dealkylation sites (N-methyl/N-ethyl adjacent to an activating group) is 1. The van der Waals surface area contributed by atoms with E-state index in [0.29, 0.717) is 24.5 Å². The Labute approximate surface area is 205 Å². The summed E-state index contributed by atoms with van der Waals surface area (Å²) in [7, 11) is 2.12. The molecule has 35 heavy (non-hydrogen) atoms. The number of amides is 1. The predicted molar refractivity (Wildman–Crippen MR) is 131 cm³/mol. The van der Waals surface area contributed by atoms with E-state index < -0.39 is 5.82 Å². The first kappa shape index (κ1) is 24.7. The van der Waals surface area contributed by atoms with Gasteiger partial charge in [0.25, 0.3) is 0 Å². The minimum absolute atomic E-state index is 0.134. The molecule has 0 spiro atoms. The van der Waals surface area contributed by atoms with Crippen molar-refractivity contribution in [2.45, 2.75) is 19.9 Å². The number of benzene rings is 1. The van der Waals surface area contributed by atoms with Crippen LogP contribution in [-0.2, 0) is 17.8 Å². The van der Waals surface area contributed by atoms with Crippen molar-refractivity contribution in [2.75, 3.05) is 46.4 Å². The maximum absolute atomic E-state index is 14.7. The number of nitrogens with one attached hydrogen (secondary N) is 1. The molecule has 4 rings (SSSR count). The number of carbonyl (C=O) groups is 1. The number of hydrogen-bond acceptors (Lipinski definition) is 7. The number of nitrogens with zero attached hydrogens (tertiary/aromatic N) is 5. The predicted octanol–water partition coefficient (Wildman–Crippen LogP) is 2.47. The number of piperazine rings is 1. The van der Waals surface area contributed by atoms with Gasteiger partial charge in [-0.1, -0.05) is 0 Å². The second kappa shape index (κ2) is 11.8. The SMILES string of the molecule is Cc1ccnc(CNC(=O)Cc2cnc(-c3ccc(OCCN4CCN(C)CC4)cc3F)nc2)c1. The Morgan fingerprint density at radius 2 is 1.86 bits per heavy atom. The van der Waals surface area contributed by atoms with Crippen molar-refractivity contribution in [3.05, 3.63) is 71.6 Å². The van der Waals surface area contributed by atoms with Crippen molar-refractivity contribution in [2.24, 2.45) is 0 Å². The van der Waals surface area contributed by atoms with Gasteiger partial charge in [-0.05, 0) is 49.4 Å². The number of aromatic nitrogens is 3. The third-order valence-electron chi connectivity index (χ3n) is 5.96. The van der Waals surface area contributed by atoms with Crippen LogP contribution in [0.4, 0.5) is 4.39 Å². The first-order chi connectivity index (χ1) is 17.0. The van der Waals surface area contributed by atoms with Crippen molar-refractivity contribution < 1.29 is 13.9 Å². The van der Waals surface area contributed by atoms with Crippen LogP contribution >= 0.6 is 0 Å². The lowest BCUT2D eigenvalue weighted by Gasteiger charge is -2.32. The highest BCUT2D eigenvalue weighted by Gasteiger charge is 2.14. The number of ether oxygens (including phenoxy) is 1. The Balaban J connectivity index is 1.26. The molecule has 3 aromatic rings. The van der Waals surface area contributed by atoms with E-state index >= 15 is 0 Å². The van der Waals surface area contributed by atoms with E-state index in [0.717, 1.165) is 44.0 Å². The Morgan fingerprint density at radius 3 is 2.57 bits per heavy atom. The third kappa shape index (κ3) is 7.27. The van der Waals surface area contributed by atoms with Crippen molar-refractivity contribution in [1.29, 1.82) is 0 Å². The summed E-state index contributed by atoms with van der Waals surface area (Å²) in [6, 6.07) is 8.55. The zero-order chi connectivity index (χ0) is 24.6. The number of halogens is 1. The Bertz CT molecular complexity index is 1130. The molecule has 8 nitrogen and oxygen atoms in total. The van der Waals surface area contributed by atoms with Crippen molar-refractivity contribution in [3.63, 3.8) is 0 Å². The molecule has 9 heteroatoms. The van der Waals surface area contributed by atoms with Crippen LogP contribution in [0, 0.1) is 12.7 Å². The van der Waals surface area contributed by atoms with E-state index in [1.807, 2.05) is 19.1 Å². The smallest absolute Gasteiger partial charge is 0.224 e. The Kier molecular flexibility index (Phi) is 8.33. The molecule has 1 N–H and O–H groups in total. The lowest BCUT2D eigenvalue weighted by molar-refractivity contribution is -0.120. The number of aryl methyl sites for hydroxylation is 1. The first-order valence-electron chi connectivity index (χ1n) is 11.8. The molecule has 0 radical (unpaired) electrons. The van der Waals surface area contributed by atoms with E-state index in [1.54, 1.807) is 30.7 Å². The second-order valence-electron chi connectivity index (χ2n) is 8.83. The molecule has 3 heterocycles. The molecule has 1 aliphatic heterocycles. The van der Waals surface area contributed by atoms with Crippen molar-refractivity contribution in [1.82, 2.24) is 30.1 Å². The average Bonchev–Trinajstić information content (AvgIpc) is 2.85. The number of carbonyl (C=O) groups excluding carboxylic acids is 1. The van der Waals surface area contributed by atoms with Gasteiger partial charge in [0, 0.05) is 57.4 Å². The minimum Gasteiger partial charge on any atom is -0.492 e. The zero-order valence-corrected chi connectivity index (χ0v) is 20.2. The van der Waals surface area contributed by atoms with Crippen molar-refractivity contribution >= 4 is 5.91 Å². The van der Waals surface area contributed by atoms with E-state index in [1.165, 1.54) is 6.07 Å². The van der Waals surface area contributed by atoms with Crippen LogP contribution in [0.1, 0.15) is 16.8 Å². The van der Waals surface area contributed by atoms with Gasteiger partial charge in [0.1, 0.15) is 18.2 Å². The van der Waals surface area contributed by atoms with Crippen LogP contribution in [0.3, 0.4) is 0 Å². The third-order valence-corrected chi connectivity index (χ3v) is 5.96. The zero-order valence-electron chi connectivity index (χ0n) is 20.2. The molecule has 184 valence electrons. The van der Waals surface area contributed by atoms with Crippen LogP contribution in [0.15, 0.2) is 48.9 Å². The van der Waals surface area contributed by atoms with Gasteiger partial charge in [-0.25, -0.2) is 14.4 Å². The molecule has 1 fully saturated rings. The quantitative estimate of drug-likeness (QED) is 0.506. The highest BCUT2D eigenvalue weighted by atomic mass is 19.1. The van der Waals surface area contributed by atoms with E-state index in [-0.39, 0.29) is 23.7 Å². The monoisotopic (exact) mass is 478 g/mol. The molecule has 0 saturated carbocycles. The number of hydrogen-bond donors (Lipinski definition) is 1. The molecule has 1 aliphatic rings. The van der Waals surface area contributed by atoms with Gasteiger partial charge in [-0.3, -0.25) is 14.7 Å². The number of pyridine rings is 1. The maximum atomic E-state index is 14.7. The molecule has 2 aromatic heterocycles. The summed E-state index contributed by atoms with van der Waals surface area (Å²) in [5.74, 6) is 0.142. The summed E-state index contributed by atoms with van der Waals surface area (Å²) in [6.07, 6.45) is 4.95. The molecular formula is C26H31FN6O2. The number of rotatable bonds is 9. The summed E-state index contributed by atoms with van der Waals surface area (Å²) in [5.41, 5.74) is 2.82. The van der Waals surface area contributed by atoms with Gasteiger partial charge in [-0.2, -0.15) is 0 Å². The minimum atomic E-state index is -0.446. The average molecular weight is 479 g/mol. The molecule has 1 aromatic carbocycles. The standard InChI is InChI=1S/C26H31FN6O2/c1-19-5-6-28-21(13-19)18-29-25(34)14-20-16-30-26(31-17-20)23-4-3-22(15-24(23)27)35-12-11-33-9-7-32(2)8-10-33/h3-6,13,15-17H,7-12,14,18H2,1-2H3,(H,29,34). The van der Waals surface area contributed by atoms with Gasteiger partial charge in [0.2, 0.25) is 5.91 Å². The van der Waals surface area contributed by atoms with Gasteiger partial charge in [0.15, 0.2) is 5.82 Å². The highest BCUT2D eigenvalue weighted by molar-refractivity contribution is 5.78. The maximum Gasteiger partial charge on any atom is 0.224 e. The van der Waals surface area contributed by atoms with E-state index in [2.05, 4.69) is 37.1 Å². The van der Waals surface area contributed by atoms with E-state index in [4.69, 9.17) is 4.74 Å². The fourth-order valence-electron chi connectivity index (χ4n) is 3.85. The summed E-state index contributed by atoms with van der Waals surface area (Å²) in [6.45, 7) is 7.80. The van der Waals surface area contributed by atoms with Gasteiger partial charge < -0.3 is 15.0 Å².